The highest BCUT2D eigenvalue weighted by atomic mass is 16.5. The Hall–Kier alpha value is -3.07. The summed E-state index contributed by atoms with van der Waals surface area (Å²) >= 11 is 0. The van der Waals surface area contributed by atoms with E-state index in [4.69, 9.17) is 15.3 Å². The van der Waals surface area contributed by atoms with Crippen molar-refractivity contribution in [2.24, 2.45) is 5.84 Å². The van der Waals surface area contributed by atoms with Crippen molar-refractivity contribution in [1.29, 1.82) is 0 Å². The van der Waals surface area contributed by atoms with Gasteiger partial charge in [-0.3, -0.25) is 19.6 Å². The number of nitrogen functional groups attached to an aromatic ring is 1. The van der Waals surface area contributed by atoms with Crippen LogP contribution in [0.25, 0.3) is 5.69 Å². The fourth-order valence-corrected chi connectivity index (χ4v) is 2.81. The summed E-state index contributed by atoms with van der Waals surface area (Å²) in [6, 6.07) is 5.07. The number of aromatic nitrogens is 2. The molecule has 9 nitrogen and oxygen atoms in total. The molecule has 1 amide bonds. The van der Waals surface area contributed by atoms with Crippen LogP contribution in [0.3, 0.4) is 0 Å². The van der Waals surface area contributed by atoms with Crippen LogP contribution in [0.15, 0.2) is 23.0 Å². The zero-order valence-electron chi connectivity index (χ0n) is 15.6. The summed E-state index contributed by atoms with van der Waals surface area (Å²) in [6.07, 6.45) is 3.07. The molecule has 4 N–H and O–H groups in total. The van der Waals surface area contributed by atoms with Gasteiger partial charge in [0.05, 0.1) is 14.2 Å². The van der Waals surface area contributed by atoms with Gasteiger partial charge in [0.25, 0.3) is 11.5 Å². The highest BCUT2D eigenvalue weighted by Gasteiger charge is 2.26. The molecule has 146 valence electrons. The van der Waals surface area contributed by atoms with Gasteiger partial charge in [-0.25, -0.2) is 5.84 Å². The molecule has 0 saturated carbocycles. The quantitative estimate of drug-likeness (QED) is 0.274. The number of ether oxygens (including phenoxy) is 2. The lowest BCUT2D eigenvalue weighted by Gasteiger charge is -2.20. The number of para-hydroxylation sites is 1. The molecule has 0 spiro atoms. The predicted octanol–water partition coefficient (Wildman–Crippen LogP) is 1.29. The van der Waals surface area contributed by atoms with Gasteiger partial charge in [-0.05, 0) is 18.6 Å². The van der Waals surface area contributed by atoms with Gasteiger partial charge in [0.2, 0.25) is 5.88 Å². The smallest absolute Gasteiger partial charge is 0.289 e. The number of aryl methyl sites for hydroxylation is 1. The molecule has 1 aromatic carbocycles. The second-order valence-electron chi connectivity index (χ2n) is 5.81. The number of rotatable bonds is 8. The zero-order valence-corrected chi connectivity index (χ0v) is 15.6. The van der Waals surface area contributed by atoms with Crippen LogP contribution in [0.2, 0.25) is 0 Å². The van der Waals surface area contributed by atoms with Gasteiger partial charge in [-0.1, -0.05) is 25.8 Å². The van der Waals surface area contributed by atoms with Crippen molar-refractivity contribution in [3.63, 3.8) is 0 Å². The third-order valence-electron chi connectivity index (χ3n) is 4.13. The number of aromatic hydroxyl groups is 1. The number of nitrogens with two attached hydrogens (primary N) is 1. The van der Waals surface area contributed by atoms with Crippen molar-refractivity contribution in [1.82, 2.24) is 15.0 Å². The van der Waals surface area contributed by atoms with Crippen molar-refractivity contribution < 1.29 is 19.4 Å². The first kappa shape index (κ1) is 20.2. The van der Waals surface area contributed by atoms with Crippen LogP contribution in [0.4, 0.5) is 0 Å². The summed E-state index contributed by atoms with van der Waals surface area (Å²) in [5.41, 5.74) is 0.788. The van der Waals surface area contributed by atoms with E-state index in [-0.39, 0.29) is 0 Å². The van der Waals surface area contributed by atoms with Crippen molar-refractivity contribution in [2.45, 2.75) is 32.6 Å². The number of carbonyl (C=O) groups excluding carboxylic acids is 1. The number of unbranched alkanes of at least 4 members (excludes halogenated alkanes) is 2. The summed E-state index contributed by atoms with van der Waals surface area (Å²) < 4.78 is 12.1. The molecule has 0 aliphatic rings. The molecule has 1 heterocycles. The Morgan fingerprint density at radius 2 is 1.89 bits per heavy atom. The van der Waals surface area contributed by atoms with E-state index < -0.39 is 22.9 Å². The maximum Gasteiger partial charge on any atom is 0.289 e. The Balaban J connectivity index is 2.83. The van der Waals surface area contributed by atoms with Gasteiger partial charge < -0.3 is 14.6 Å². The lowest BCUT2D eigenvalue weighted by Crippen LogP contribution is -2.36. The summed E-state index contributed by atoms with van der Waals surface area (Å²) in [7, 11) is 2.94. The third kappa shape index (κ3) is 4.03. The molecule has 0 aliphatic carbocycles. The molecular formula is C18H24N4O5. The number of nitrogens with one attached hydrogen (secondary N) is 1. The van der Waals surface area contributed by atoms with Crippen molar-refractivity contribution in [3.05, 3.63) is 39.9 Å². The van der Waals surface area contributed by atoms with Crippen LogP contribution >= 0.6 is 0 Å². The van der Waals surface area contributed by atoms with Crippen LogP contribution in [0, 0.1) is 0 Å². The van der Waals surface area contributed by atoms with Crippen LogP contribution < -0.4 is 26.3 Å². The Morgan fingerprint density at radius 1 is 1.26 bits per heavy atom. The Morgan fingerprint density at radius 3 is 2.41 bits per heavy atom. The Labute approximate surface area is 156 Å². The number of amides is 1. The second kappa shape index (κ2) is 9.04. The minimum absolute atomic E-state index is 0.294. The fourth-order valence-electron chi connectivity index (χ4n) is 2.81. The van der Waals surface area contributed by atoms with Gasteiger partial charge in [0.1, 0.15) is 23.0 Å². The Bertz CT molecular complexity index is 857. The SMILES string of the molecule is CCCCCc1nc(=O)c(C(=O)NN)c(O)n1-c1c(OC)cccc1OC. The average molecular weight is 376 g/mol. The summed E-state index contributed by atoms with van der Waals surface area (Å²) in [5.74, 6) is 4.68. The molecule has 0 aliphatic heterocycles. The lowest BCUT2D eigenvalue weighted by atomic mass is 10.1. The van der Waals surface area contributed by atoms with Crippen LogP contribution in [-0.2, 0) is 6.42 Å². The van der Waals surface area contributed by atoms with E-state index in [1.165, 1.54) is 18.8 Å². The van der Waals surface area contributed by atoms with Crippen LogP contribution in [0.1, 0.15) is 42.4 Å². The van der Waals surface area contributed by atoms with Gasteiger partial charge in [0.15, 0.2) is 5.56 Å². The molecule has 2 aromatic rings. The van der Waals surface area contributed by atoms with E-state index in [9.17, 15) is 14.7 Å². The molecule has 27 heavy (non-hydrogen) atoms. The maximum absolute atomic E-state index is 12.3. The fraction of sp³-hybridized carbons (Fsp3) is 0.389. The number of hydrogen-bond acceptors (Lipinski definition) is 7. The molecule has 0 radical (unpaired) electrons. The first-order valence-electron chi connectivity index (χ1n) is 8.57. The summed E-state index contributed by atoms with van der Waals surface area (Å²) in [5, 5.41) is 10.8. The topological polar surface area (TPSA) is 129 Å². The zero-order chi connectivity index (χ0) is 20.0. The largest absolute Gasteiger partial charge is 0.494 e. The predicted molar refractivity (Wildman–Crippen MR) is 99.5 cm³/mol. The number of nitrogens with zero attached hydrogens (tertiary/aromatic N) is 2. The molecule has 9 heteroatoms. The van der Waals surface area contributed by atoms with E-state index in [1.807, 2.05) is 5.43 Å². The molecule has 0 atom stereocenters. The van der Waals surface area contributed by atoms with Gasteiger partial charge >= 0.3 is 0 Å². The minimum Gasteiger partial charge on any atom is -0.494 e. The monoisotopic (exact) mass is 376 g/mol. The molecule has 0 bridgehead atoms. The number of methoxy groups -OCH3 is 2. The summed E-state index contributed by atoms with van der Waals surface area (Å²) in [4.78, 5) is 28.4. The Kier molecular flexibility index (Phi) is 6.78. The highest BCUT2D eigenvalue weighted by Crippen LogP contribution is 2.36. The molecule has 0 unspecified atom stereocenters. The third-order valence-corrected chi connectivity index (χ3v) is 4.13. The number of hydrogen-bond donors (Lipinski definition) is 3. The molecule has 0 saturated heterocycles. The van der Waals surface area contributed by atoms with Crippen molar-refractivity contribution >= 4 is 5.91 Å². The maximum atomic E-state index is 12.3. The van der Waals surface area contributed by atoms with E-state index in [0.29, 0.717) is 29.4 Å². The van der Waals surface area contributed by atoms with E-state index in [1.54, 1.807) is 18.2 Å². The van der Waals surface area contributed by atoms with Crippen molar-refractivity contribution in [3.8, 4) is 23.1 Å². The number of benzene rings is 1. The molecular weight excluding hydrogens is 352 g/mol. The first-order chi connectivity index (χ1) is 13.0. The van der Waals surface area contributed by atoms with Crippen LogP contribution in [-0.4, -0.2) is 34.8 Å². The van der Waals surface area contributed by atoms with Gasteiger partial charge in [0, 0.05) is 6.42 Å². The standard InChI is InChI=1S/C18H24N4O5/c1-4-5-6-10-13-20-16(23)14(17(24)21-19)18(25)22(13)15-11(26-2)8-7-9-12(15)27-3/h7-9,25H,4-6,10,19H2,1-3H3,(H,21,24). The molecule has 2 rings (SSSR count). The van der Waals surface area contributed by atoms with Gasteiger partial charge in [-0.15, -0.1) is 0 Å². The van der Waals surface area contributed by atoms with Crippen LogP contribution in [0.5, 0.6) is 17.4 Å². The normalized spacial score (nSPS) is 10.5. The van der Waals surface area contributed by atoms with E-state index in [2.05, 4.69) is 11.9 Å². The number of hydrazine groups is 1. The highest BCUT2D eigenvalue weighted by molar-refractivity contribution is 5.95. The average Bonchev–Trinajstić information content (AvgIpc) is 2.67. The molecule has 0 fully saturated rings. The second-order valence-corrected chi connectivity index (χ2v) is 5.81. The summed E-state index contributed by atoms with van der Waals surface area (Å²) in [6.45, 7) is 2.05. The number of carbonyl (C=O) groups is 1. The van der Waals surface area contributed by atoms with Crippen molar-refractivity contribution in [2.75, 3.05) is 14.2 Å². The van der Waals surface area contributed by atoms with Gasteiger partial charge in [-0.2, -0.15) is 4.98 Å². The minimum atomic E-state index is -0.937. The first-order valence-corrected chi connectivity index (χ1v) is 8.57. The molecule has 1 aromatic heterocycles. The lowest BCUT2D eigenvalue weighted by molar-refractivity contribution is 0.0948. The van der Waals surface area contributed by atoms with E-state index in [0.717, 1.165) is 19.3 Å². The van der Waals surface area contributed by atoms with E-state index >= 15 is 0 Å².